The van der Waals surface area contributed by atoms with Crippen LogP contribution in [0.4, 0.5) is 0 Å². The van der Waals surface area contributed by atoms with E-state index in [2.05, 4.69) is 4.72 Å². The Morgan fingerprint density at radius 1 is 1.09 bits per heavy atom. The fourth-order valence-electron chi connectivity index (χ4n) is 2.93. The lowest BCUT2D eigenvalue weighted by molar-refractivity contribution is -0.139. The van der Waals surface area contributed by atoms with Crippen molar-refractivity contribution in [2.75, 3.05) is 12.9 Å². The van der Waals surface area contributed by atoms with Crippen molar-refractivity contribution in [1.82, 2.24) is 4.72 Å². The molecule has 0 amide bonds. The Balaban J connectivity index is 1.65. The van der Waals surface area contributed by atoms with E-state index in [1.807, 2.05) is 29.6 Å². The number of rotatable bonds is 11. The summed E-state index contributed by atoms with van der Waals surface area (Å²) in [5.41, 5.74) is 1.69. The summed E-state index contributed by atoms with van der Waals surface area (Å²) in [6.45, 7) is 0. The third-order valence-electron chi connectivity index (χ3n) is 4.60. The number of carboxylic acids is 1. The highest BCUT2D eigenvalue weighted by atomic mass is 32.2. The largest absolute Gasteiger partial charge is 0.497 e. The number of ether oxygens (including phenoxy) is 1. The van der Waals surface area contributed by atoms with E-state index >= 15 is 0 Å². The predicted octanol–water partition coefficient (Wildman–Crippen LogP) is 3.70. The monoisotopic (exact) mass is 493 g/mol. The van der Waals surface area contributed by atoms with E-state index < -0.39 is 28.1 Å². The smallest absolute Gasteiger partial charge is 0.321 e. The molecule has 0 fully saturated rings. The van der Waals surface area contributed by atoms with Gasteiger partial charge in [-0.3, -0.25) is 4.79 Å². The van der Waals surface area contributed by atoms with Gasteiger partial charge in [-0.1, -0.05) is 30.3 Å². The molecule has 3 N–H and O–H groups in total. The third-order valence-corrected chi connectivity index (χ3v) is 8.37. The van der Waals surface area contributed by atoms with Crippen LogP contribution in [0.25, 0.3) is 11.1 Å². The summed E-state index contributed by atoms with van der Waals surface area (Å²) >= 11 is 2.91. The maximum atomic E-state index is 12.7. The first-order chi connectivity index (χ1) is 15.3. The number of thiophene rings is 1. The zero-order valence-electron chi connectivity index (χ0n) is 17.2. The molecule has 0 saturated heterocycles. The maximum absolute atomic E-state index is 12.7. The van der Waals surface area contributed by atoms with Crippen molar-refractivity contribution in [3.05, 3.63) is 66.0 Å². The summed E-state index contributed by atoms with van der Waals surface area (Å²) in [7, 11) is -2.51. The minimum Gasteiger partial charge on any atom is -0.497 e. The number of carboxylic acid groups (broad SMARTS) is 1. The van der Waals surface area contributed by atoms with E-state index in [9.17, 15) is 23.4 Å². The molecule has 2 atom stereocenters. The quantitative estimate of drug-likeness (QED) is 0.349. The van der Waals surface area contributed by atoms with Gasteiger partial charge in [0.15, 0.2) is 0 Å². The van der Waals surface area contributed by atoms with Crippen molar-refractivity contribution in [2.24, 2.45) is 0 Å². The average molecular weight is 494 g/mol. The number of thioether (sulfide) groups is 1. The zero-order chi connectivity index (χ0) is 23.1. The van der Waals surface area contributed by atoms with Crippen LogP contribution < -0.4 is 9.46 Å². The number of aliphatic hydroxyl groups excluding tert-OH is 1. The van der Waals surface area contributed by atoms with Crippen LogP contribution in [0.3, 0.4) is 0 Å². The zero-order valence-corrected chi connectivity index (χ0v) is 19.6. The average Bonchev–Trinajstić information content (AvgIpc) is 3.31. The van der Waals surface area contributed by atoms with Gasteiger partial charge in [0.25, 0.3) is 0 Å². The Hall–Kier alpha value is -2.37. The second kappa shape index (κ2) is 11.0. The standard InChI is InChI=1S/C22H23NO6S3/c1-29-18-8-4-15(5-9-18)16-6-10-19(11-7-16)32(27,28)23-20(22(25)26)13-17(24)14-31-21-3-2-12-30-21/h2-12,17,20,23-24H,13-14H2,1H3,(H,25,26). The molecule has 1 aromatic heterocycles. The molecule has 2 unspecified atom stereocenters. The van der Waals surface area contributed by atoms with Crippen LogP contribution >= 0.6 is 23.1 Å². The summed E-state index contributed by atoms with van der Waals surface area (Å²) in [5.74, 6) is -0.362. The lowest BCUT2D eigenvalue weighted by Gasteiger charge is -2.18. The molecule has 3 rings (SSSR count). The normalized spacial score (nSPS) is 13.4. The number of aliphatic carboxylic acids is 1. The molecule has 0 aliphatic carbocycles. The van der Waals surface area contributed by atoms with Gasteiger partial charge in [0, 0.05) is 12.2 Å². The fourth-order valence-corrected chi connectivity index (χ4v) is 5.89. The van der Waals surface area contributed by atoms with Gasteiger partial charge in [0.05, 0.1) is 22.3 Å². The highest BCUT2D eigenvalue weighted by Gasteiger charge is 2.27. The molecule has 0 radical (unpaired) electrons. The summed E-state index contributed by atoms with van der Waals surface area (Å²) in [4.78, 5) is 11.6. The van der Waals surface area contributed by atoms with Gasteiger partial charge in [-0.25, -0.2) is 8.42 Å². The Morgan fingerprint density at radius 3 is 2.25 bits per heavy atom. The van der Waals surface area contributed by atoms with E-state index in [1.54, 1.807) is 31.4 Å². The van der Waals surface area contributed by atoms with Crippen LogP contribution in [0, 0.1) is 0 Å². The van der Waals surface area contributed by atoms with E-state index in [1.165, 1.54) is 35.2 Å². The first-order valence-electron chi connectivity index (χ1n) is 9.62. The topological polar surface area (TPSA) is 113 Å². The predicted molar refractivity (Wildman–Crippen MR) is 126 cm³/mol. The van der Waals surface area contributed by atoms with Crippen LogP contribution in [0.1, 0.15) is 6.42 Å². The number of aliphatic hydroxyl groups is 1. The first-order valence-corrected chi connectivity index (χ1v) is 13.0. The molecule has 7 nitrogen and oxygen atoms in total. The van der Waals surface area contributed by atoms with Crippen LogP contribution in [0.2, 0.25) is 0 Å². The molecular formula is C22H23NO6S3. The van der Waals surface area contributed by atoms with Gasteiger partial charge >= 0.3 is 5.97 Å². The number of benzene rings is 2. The number of methoxy groups -OCH3 is 1. The Kier molecular flexibility index (Phi) is 8.32. The number of carbonyl (C=O) groups is 1. The van der Waals surface area contributed by atoms with Gasteiger partial charge < -0.3 is 14.9 Å². The van der Waals surface area contributed by atoms with Gasteiger partial charge in [0.1, 0.15) is 11.8 Å². The minimum absolute atomic E-state index is 0.0523. The van der Waals surface area contributed by atoms with Crippen LogP contribution in [-0.4, -0.2) is 49.6 Å². The molecule has 170 valence electrons. The molecule has 0 aliphatic rings. The van der Waals surface area contributed by atoms with Gasteiger partial charge in [-0.15, -0.1) is 23.1 Å². The Morgan fingerprint density at radius 2 is 1.72 bits per heavy atom. The van der Waals surface area contributed by atoms with Crippen molar-refractivity contribution in [2.45, 2.75) is 27.7 Å². The second-order valence-corrected chi connectivity index (χ2v) is 10.9. The molecule has 3 aromatic rings. The summed E-state index contributed by atoms with van der Waals surface area (Å²) in [5, 5.41) is 21.6. The molecule has 2 aromatic carbocycles. The first kappa shape index (κ1) is 24.3. The lowest BCUT2D eigenvalue weighted by Crippen LogP contribution is -2.43. The fraction of sp³-hybridized carbons (Fsp3) is 0.227. The van der Waals surface area contributed by atoms with E-state index in [0.717, 1.165) is 15.3 Å². The van der Waals surface area contributed by atoms with Gasteiger partial charge in [0.2, 0.25) is 10.0 Å². The lowest BCUT2D eigenvalue weighted by atomic mass is 10.1. The van der Waals surface area contributed by atoms with E-state index in [4.69, 9.17) is 4.74 Å². The van der Waals surface area contributed by atoms with Crippen LogP contribution in [-0.2, 0) is 14.8 Å². The number of sulfonamides is 1. The second-order valence-electron chi connectivity index (χ2n) is 6.90. The number of nitrogens with one attached hydrogen (secondary N) is 1. The van der Waals surface area contributed by atoms with Crippen molar-refractivity contribution in [3.63, 3.8) is 0 Å². The number of hydrogen-bond acceptors (Lipinski definition) is 7. The summed E-state index contributed by atoms with van der Waals surface area (Å²) < 4.78 is 33.8. The molecule has 0 spiro atoms. The number of hydrogen-bond donors (Lipinski definition) is 3. The molecule has 1 heterocycles. The highest BCUT2D eigenvalue weighted by Crippen LogP contribution is 2.26. The molecular weight excluding hydrogens is 470 g/mol. The van der Waals surface area contributed by atoms with E-state index in [0.29, 0.717) is 5.75 Å². The SMILES string of the molecule is COc1ccc(-c2ccc(S(=O)(=O)NC(CC(O)CSc3cccs3)C(=O)O)cc2)cc1. The van der Waals surface area contributed by atoms with Crippen LogP contribution in [0.15, 0.2) is 75.1 Å². The van der Waals surface area contributed by atoms with Crippen LogP contribution in [0.5, 0.6) is 5.75 Å². The highest BCUT2D eigenvalue weighted by molar-refractivity contribution is 8.01. The summed E-state index contributed by atoms with van der Waals surface area (Å²) in [6, 6.07) is 15.8. The van der Waals surface area contributed by atoms with Crippen molar-refractivity contribution >= 4 is 39.1 Å². The van der Waals surface area contributed by atoms with Crippen molar-refractivity contribution in [3.8, 4) is 16.9 Å². The maximum Gasteiger partial charge on any atom is 0.321 e. The van der Waals surface area contributed by atoms with Crippen molar-refractivity contribution in [1.29, 1.82) is 0 Å². The molecule has 32 heavy (non-hydrogen) atoms. The molecule has 0 saturated carbocycles. The van der Waals surface area contributed by atoms with Gasteiger partial charge in [-0.05, 0) is 46.8 Å². The van der Waals surface area contributed by atoms with Crippen molar-refractivity contribution < 1.29 is 28.2 Å². The van der Waals surface area contributed by atoms with Gasteiger partial charge in [-0.2, -0.15) is 4.72 Å². The molecule has 0 aliphatic heterocycles. The molecule has 0 bridgehead atoms. The van der Waals surface area contributed by atoms with E-state index in [-0.39, 0.29) is 17.1 Å². The third kappa shape index (κ3) is 6.57. The Labute approximate surface area is 195 Å². The summed E-state index contributed by atoms with van der Waals surface area (Å²) in [6.07, 6.45) is -1.22. The minimum atomic E-state index is -4.08. The Bertz CT molecular complexity index is 1110. The molecule has 10 heteroatoms.